The Hall–Kier alpha value is -3.50. The minimum atomic E-state index is -0.948. The van der Waals surface area contributed by atoms with Crippen molar-refractivity contribution in [2.45, 2.75) is 6.92 Å². The summed E-state index contributed by atoms with van der Waals surface area (Å²) in [6, 6.07) is 16.8. The largest absolute Gasteiger partial charge is 0.234 e. The van der Waals surface area contributed by atoms with E-state index < -0.39 is 11.6 Å². The molecule has 0 aliphatic heterocycles. The maximum Gasteiger partial charge on any atom is 0.231 e. The molecule has 0 saturated carbocycles. The fourth-order valence-corrected chi connectivity index (χ4v) is 2.86. The minimum Gasteiger partial charge on any atom is -0.234 e. The molecule has 0 amide bonds. The van der Waals surface area contributed by atoms with E-state index in [1.165, 1.54) is 0 Å². The second kappa shape index (κ2) is 6.55. The Morgan fingerprint density at radius 2 is 1.56 bits per heavy atom. The molecule has 25 heavy (non-hydrogen) atoms. The van der Waals surface area contributed by atoms with Gasteiger partial charge in [-0.25, -0.2) is 13.6 Å². The van der Waals surface area contributed by atoms with E-state index in [1.54, 1.807) is 61.5 Å². The predicted molar refractivity (Wildman–Crippen MR) is 92.9 cm³/mol. The highest BCUT2D eigenvalue weighted by Crippen LogP contribution is 2.43. The molecule has 0 fully saturated rings. The third-order valence-corrected chi connectivity index (χ3v) is 4.05. The van der Waals surface area contributed by atoms with Gasteiger partial charge in [-0.05, 0) is 23.6 Å². The maximum absolute atomic E-state index is 15.1. The Bertz CT molecular complexity index is 1000. The number of aryl methyl sites for hydroxylation is 1. The van der Waals surface area contributed by atoms with E-state index in [0.717, 1.165) is 5.56 Å². The van der Waals surface area contributed by atoms with Crippen LogP contribution in [0.2, 0.25) is 0 Å². The fraction of sp³-hybridized carbons (Fsp3) is 0.0476. The average Bonchev–Trinajstić information content (AvgIpc) is 2.63. The van der Waals surface area contributed by atoms with E-state index in [-0.39, 0.29) is 27.9 Å². The van der Waals surface area contributed by atoms with Crippen LogP contribution in [0.5, 0.6) is 0 Å². The molecule has 0 atom stereocenters. The number of nitriles is 1. The first kappa shape index (κ1) is 16.4. The number of halogens is 2. The maximum atomic E-state index is 15.1. The van der Waals surface area contributed by atoms with E-state index >= 15 is 8.78 Å². The molecule has 0 radical (unpaired) electrons. The zero-order valence-electron chi connectivity index (χ0n) is 13.3. The third kappa shape index (κ3) is 2.65. The van der Waals surface area contributed by atoms with Crippen molar-refractivity contribution in [2.75, 3.05) is 0 Å². The fourth-order valence-electron chi connectivity index (χ4n) is 2.86. The third-order valence-electron chi connectivity index (χ3n) is 4.05. The number of hydrogen-bond acceptors (Lipinski definition) is 1. The Labute approximate surface area is 144 Å². The Morgan fingerprint density at radius 1 is 0.920 bits per heavy atom. The van der Waals surface area contributed by atoms with E-state index in [2.05, 4.69) is 4.85 Å². The van der Waals surface area contributed by atoms with Gasteiger partial charge in [-0.3, -0.25) is 0 Å². The molecule has 0 aliphatic carbocycles. The molecule has 2 nitrogen and oxygen atoms in total. The lowest BCUT2D eigenvalue weighted by molar-refractivity contribution is 0.591. The highest BCUT2D eigenvalue weighted by atomic mass is 19.1. The summed E-state index contributed by atoms with van der Waals surface area (Å²) in [5.74, 6) is -1.90. The van der Waals surface area contributed by atoms with Crippen LogP contribution in [-0.2, 0) is 0 Å². The summed E-state index contributed by atoms with van der Waals surface area (Å²) < 4.78 is 30.1. The van der Waals surface area contributed by atoms with Gasteiger partial charge in [0.15, 0.2) is 0 Å². The minimum absolute atomic E-state index is 0.00489. The Kier molecular flexibility index (Phi) is 4.29. The molecule has 0 saturated heterocycles. The molecule has 0 unspecified atom stereocenters. The lowest BCUT2D eigenvalue weighted by atomic mass is 9.90. The van der Waals surface area contributed by atoms with Crippen molar-refractivity contribution < 1.29 is 8.78 Å². The second-order valence-corrected chi connectivity index (χ2v) is 5.51. The van der Waals surface area contributed by atoms with Crippen LogP contribution in [0.4, 0.5) is 14.5 Å². The number of benzene rings is 3. The molecule has 120 valence electrons. The van der Waals surface area contributed by atoms with E-state index in [4.69, 9.17) is 6.57 Å². The summed E-state index contributed by atoms with van der Waals surface area (Å²) in [7, 11) is 0. The first-order valence-corrected chi connectivity index (χ1v) is 7.54. The highest BCUT2D eigenvalue weighted by Gasteiger charge is 2.27. The van der Waals surface area contributed by atoms with Gasteiger partial charge in [0.05, 0.1) is 12.1 Å². The van der Waals surface area contributed by atoms with E-state index in [0.29, 0.717) is 5.56 Å². The van der Waals surface area contributed by atoms with Gasteiger partial charge in [-0.15, -0.1) is 0 Å². The van der Waals surface area contributed by atoms with Crippen molar-refractivity contribution in [3.8, 4) is 28.3 Å². The SMILES string of the molecule is [C-]#[N+]c1c(F)c(-c2ccccc2)c(F)c(C#N)c1-c1ccccc1C. The molecule has 3 aromatic rings. The number of hydrogen-bond donors (Lipinski definition) is 0. The van der Waals surface area contributed by atoms with Crippen LogP contribution in [-0.4, -0.2) is 0 Å². The van der Waals surface area contributed by atoms with Gasteiger partial charge in [0, 0.05) is 11.1 Å². The summed E-state index contributed by atoms with van der Waals surface area (Å²) in [5, 5.41) is 9.52. The van der Waals surface area contributed by atoms with Crippen LogP contribution in [0, 0.1) is 36.5 Å². The van der Waals surface area contributed by atoms with Crippen molar-refractivity contribution >= 4 is 5.69 Å². The van der Waals surface area contributed by atoms with Crippen LogP contribution in [0.3, 0.4) is 0 Å². The topological polar surface area (TPSA) is 28.1 Å². The molecular weight excluding hydrogens is 318 g/mol. The van der Waals surface area contributed by atoms with E-state index in [9.17, 15) is 5.26 Å². The molecule has 4 heteroatoms. The molecule has 3 aromatic carbocycles. The van der Waals surface area contributed by atoms with Crippen molar-refractivity contribution in [2.24, 2.45) is 0 Å². The van der Waals surface area contributed by atoms with Gasteiger partial charge < -0.3 is 0 Å². The normalized spacial score (nSPS) is 10.1. The molecular formula is C21H12F2N2. The zero-order chi connectivity index (χ0) is 18.0. The van der Waals surface area contributed by atoms with Crippen LogP contribution in [0.1, 0.15) is 11.1 Å². The van der Waals surface area contributed by atoms with Crippen LogP contribution in [0.25, 0.3) is 27.1 Å². The van der Waals surface area contributed by atoms with Crippen LogP contribution < -0.4 is 0 Å². The van der Waals surface area contributed by atoms with Gasteiger partial charge in [-0.1, -0.05) is 54.6 Å². The summed E-state index contributed by atoms with van der Waals surface area (Å²) in [4.78, 5) is 3.28. The number of nitrogens with zero attached hydrogens (tertiary/aromatic N) is 2. The van der Waals surface area contributed by atoms with Gasteiger partial charge in [0.25, 0.3) is 0 Å². The zero-order valence-corrected chi connectivity index (χ0v) is 13.3. The summed E-state index contributed by atoms with van der Waals surface area (Å²) in [6.45, 7) is 9.17. The molecule has 0 spiro atoms. The van der Waals surface area contributed by atoms with Crippen molar-refractivity contribution in [1.82, 2.24) is 0 Å². The molecule has 0 N–H and O–H groups in total. The molecule has 3 rings (SSSR count). The van der Waals surface area contributed by atoms with Crippen molar-refractivity contribution in [1.29, 1.82) is 5.26 Å². The highest BCUT2D eigenvalue weighted by molar-refractivity contribution is 5.90. The Morgan fingerprint density at radius 3 is 2.16 bits per heavy atom. The lowest BCUT2D eigenvalue weighted by Gasteiger charge is -2.15. The van der Waals surface area contributed by atoms with Gasteiger partial charge in [0.1, 0.15) is 17.7 Å². The molecule has 0 aliphatic rings. The van der Waals surface area contributed by atoms with Crippen LogP contribution >= 0.6 is 0 Å². The van der Waals surface area contributed by atoms with Crippen LogP contribution in [0.15, 0.2) is 54.6 Å². The molecule has 0 aromatic heterocycles. The predicted octanol–water partition coefficient (Wildman–Crippen LogP) is 6.03. The smallest absolute Gasteiger partial charge is 0.231 e. The summed E-state index contributed by atoms with van der Waals surface area (Å²) in [5.41, 5.74) is 0.491. The van der Waals surface area contributed by atoms with Crippen molar-refractivity contribution in [3.63, 3.8) is 0 Å². The first-order valence-electron chi connectivity index (χ1n) is 7.54. The lowest BCUT2D eigenvalue weighted by Crippen LogP contribution is -2.00. The average molecular weight is 330 g/mol. The van der Waals surface area contributed by atoms with E-state index in [1.807, 2.05) is 6.07 Å². The first-order chi connectivity index (χ1) is 12.1. The molecule has 0 bridgehead atoms. The van der Waals surface area contributed by atoms with Gasteiger partial charge in [-0.2, -0.15) is 5.26 Å². The standard InChI is InChI=1S/C21H12F2N2/c1-13-8-6-7-11-15(13)18-16(12-24)19(22)17(20(23)21(18)25-2)14-9-4-3-5-10-14/h3-11H,1H3. The quantitative estimate of drug-likeness (QED) is 0.527. The molecule has 0 heterocycles. The van der Waals surface area contributed by atoms with Crippen molar-refractivity contribution in [3.05, 3.63) is 88.8 Å². The summed E-state index contributed by atoms with van der Waals surface area (Å²) >= 11 is 0. The number of rotatable bonds is 2. The Balaban J connectivity index is 2.47. The van der Waals surface area contributed by atoms with Gasteiger partial charge >= 0.3 is 0 Å². The van der Waals surface area contributed by atoms with Gasteiger partial charge in [0.2, 0.25) is 5.69 Å². The monoisotopic (exact) mass is 330 g/mol. The second-order valence-electron chi connectivity index (χ2n) is 5.51. The summed E-state index contributed by atoms with van der Waals surface area (Å²) in [6.07, 6.45) is 0.